The Morgan fingerprint density at radius 2 is 2.00 bits per heavy atom. The van der Waals surface area contributed by atoms with Crippen molar-refractivity contribution in [1.82, 2.24) is 5.32 Å². The van der Waals surface area contributed by atoms with Crippen molar-refractivity contribution in [2.75, 3.05) is 18.9 Å². The fraction of sp³-hybridized carbons (Fsp3) is 0.889. The molecule has 0 saturated heterocycles. The van der Waals surface area contributed by atoms with Crippen molar-refractivity contribution in [3.8, 4) is 0 Å². The fourth-order valence-corrected chi connectivity index (χ4v) is 8.02. The highest BCUT2D eigenvalue weighted by Gasteiger charge is 2.35. The van der Waals surface area contributed by atoms with E-state index in [1.807, 2.05) is 21.6 Å². The lowest BCUT2D eigenvalue weighted by Gasteiger charge is -2.39. The van der Waals surface area contributed by atoms with Crippen molar-refractivity contribution in [1.29, 1.82) is 0 Å². The van der Waals surface area contributed by atoms with Gasteiger partial charge in [0.2, 0.25) is 5.91 Å². The van der Waals surface area contributed by atoms with Crippen LogP contribution >= 0.6 is 21.6 Å². The molecule has 0 radical (unpaired) electrons. The monoisotopic (exact) mass is 501 g/mol. The average Bonchev–Trinajstić information content (AvgIpc) is 2.76. The van der Waals surface area contributed by atoms with Gasteiger partial charge < -0.3 is 14.8 Å². The predicted molar refractivity (Wildman–Crippen MR) is 147 cm³/mol. The molecule has 1 N–H and O–H groups in total. The number of nitrogens with one attached hydrogen (secondary N) is 1. The largest absolute Gasteiger partial charge is 0.375 e. The van der Waals surface area contributed by atoms with E-state index in [0.29, 0.717) is 24.3 Å². The number of carbonyl (C=O) groups excluding carboxylic acids is 1. The molecule has 4 unspecified atom stereocenters. The molecular weight excluding hydrogens is 450 g/mol. The van der Waals surface area contributed by atoms with Gasteiger partial charge in [0.05, 0.1) is 18.3 Å². The van der Waals surface area contributed by atoms with Crippen LogP contribution in [0.15, 0.2) is 12.2 Å². The van der Waals surface area contributed by atoms with E-state index in [9.17, 15) is 4.79 Å². The molecule has 0 heterocycles. The van der Waals surface area contributed by atoms with Crippen LogP contribution in [-0.4, -0.2) is 47.9 Å². The van der Waals surface area contributed by atoms with Crippen molar-refractivity contribution < 1.29 is 14.3 Å². The molecule has 0 aromatic carbocycles. The van der Waals surface area contributed by atoms with Crippen molar-refractivity contribution in [3.05, 3.63) is 12.2 Å². The normalized spacial score (nSPS) is 23.0. The molecule has 1 amide bonds. The molecule has 1 saturated carbocycles. The van der Waals surface area contributed by atoms with Crippen LogP contribution in [-0.2, 0) is 14.3 Å². The van der Waals surface area contributed by atoms with Crippen molar-refractivity contribution in [2.45, 2.75) is 129 Å². The Morgan fingerprint density at radius 1 is 1.24 bits per heavy atom. The van der Waals surface area contributed by atoms with Crippen molar-refractivity contribution >= 4 is 27.5 Å². The Bertz CT molecular complexity index is 557. The van der Waals surface area contributed by atoms with Gasteiger partial charge in [0.15, 0.2) is 0 Å². The second-order valence-corrected chi connectivity index (χ2v) is 12.9. The molecule has 4 atom stereocenters. The van der Waals surface area contributed by atoms with Crippen LogP contribution in [0.4, 0.5) is 0 Å². The second-order valence-electron chi connectivity index (χ2n) is 10.0. The highest BCUT2D eigenvalue weighted by Crippen LogP contribution is 2.50. The van der Waals surface area contributed by atoms with Crippen LogP contribution in [0.3, 0.4) is 0 Å². The SMILES string of the molecule is C=C1CC(C)CC(CC)(SSCCC(=O)NCCCOC(CC)C(CCCC)OC(C)C)C1. The lowest BCUT2D eigenvalue weighted by atomic mass is 9.78. The molecular formula is C27H51NO3S2. The Morgan fingerprint density at radius 3 is 2.61 bits per heavy atom. The maximum absolute atomic E-state index is 12.2. The Hall–Kier alpha value is -0.170. The molecule has 194 valence electrons. The number of amides is 1. The number of rotatable bonds is 18. The fourth-order valence-electron chi connectivity index (χ4n) is 4.70. The molecule has 0 aromatic rings. The minimum absolute atomic E-state index is 0.132. The zero-order valence-corrected chi connectivity index (χ0v) is 23.9. The summed E-state index contributed by atoms with van der Waals surface area (Å²) in [7, 11) is 3.84. The maximum Gasteiger partial charge on any atom is 0.220 e. The quantitative estimate of drug-likeness (QED) is 0.119. The molecule has 4 nitrogen and oxygen atoms in total. The molecule has 6 heteroatoms. The first-order valence-electron chi connectivity index (χ1n) is 13.3. The minimum atomic E-state index is 0.132. The average molecular weight is 502 g/mol. The lowest BCUT2D eigenvalue weighted by molar-refractivity contribution is -0.120. The third-order valence-corrected chi connectivity index (χ3v) is 9.66. The van der Waals surface area contributed by atoms with Crippen LogP contribution in [0.1, 0.15) is 106 Å². The topological polar surface area (TPSA) is 47.6 Å². The highest BCUT2D eigenvalue weighted by atomic mass is 33.1. The molecule has 0 bridgehead atoms. The van der Waals surface area contributed by atoms with Gasteiger partial charge in [-0.3, -0.25) is 4.79 Å². The number of hydrogen-bond donors (Lipinski definition) is 1. The smallest absolute Gasteiger partial charge is 0.220 e. The third kappa shape index (κ3) is 12.9. The zero-order valence-electron chi connectivity index (χ0n) is 22.3. The molecule has 0 aromatic heterocycles. The first-order valence-corrected chi connectivity index (χ1v) is 15.6. The van der Waals surface area contributed by atoms with Gasteiger partial charge in [-0.05, 0) is 64.7 Å². The minimum Gasteiger partial charge on any atom is -0.375 e. The summed E-state index contributed by atoms with van der Waals surface area (Å²) < 4.78 is 12.6. The van der Waals surface area contributed by atoms with Gasteiger partial charge in [-0.2, -0.15) is 0 Å². The van der Waals surface area contributed by atoms with Gasteiger partial charge in [0.1, 0.15) is 0 Å². The van der Waals surface area contributed by atoms with Gasteiger partial charge in [-0.1, -0.05) is 74.3 Å². The van der Waals surface area contributed by atoms with E-state index in [2.05, 4.69) is 53.4 Å². The summed E-state index contributed by atoms with van der Waals surface area (Å²) in [5, 5.41) is 3.06. The Balaban J connectivity index is 2.22. The summed E-state index contributed by atoms with van der Waals surface area (Å²) in [6.07, 6.45) is 11.0. The number of unbranched alkanes of at least 4 members (excludes halogenated alkanes) is 1. The highest BCUT2D eigenvalue weighted by molar-refractivity contribution is 8.77. The molecule has 1 rings (SSSR count). The Kier molecular flexibility index (Phi) is 16.2. The summed E-state index contributed by atoms with van der Waals surface area (Å²) in [6.45, 7) is 18.8. The number of allylic oxidation sites excluding steroid dienone is 1. The molecule has 33 heavy (non-hydrogen) atoms. The molecule has 1 fully saturated rings. The summed E-state index contributed by atoms with van der Waals surface area (Å²) in [6, 6.07) is 0. The van der Waals surface area contributed by atoms with E-state index in [1.54, 1.807) is 0 Å². The number of hydrogen-bond acceptors (Lipinski definition) is 5. The predicted octanol–water partition coefficient (Wildman–Crippen LogP) is 7.57. The number of carbonyl (C=O) groups is 1. The molecule has 0 aliphatic heterocycles. The lowest BCUT2D eigenvalue weighted by Crippen LogP contribution is -2.34. The molecule has 1 aliphatic carbocycles. The summed E-state index contributed by atoms with van der Waals surface area (Å²) in [5.41, 5.74) is 1.39. The van der Waals surface area contributed by atoms with Crippen molar-refractivity contribution in [2.24, 2.45) is 5.92 Å². The van der Waals surface area contributed by atoms with Crippen LogP contribution in [0, 0.1) is 5.92 Å². The van der Waals surface area contributed by atoms with E-state index in [1.165, 1.54) is 31.3 Å². The van der Waals surface area contributed by atoms with E-state index >= 15 is 0 Å². The van der Waals surface area contributed by atoms with E-state index in [0.717, 1.165) is 43.8 Å². The van der Waals surface area contributed by atoms with Gasteiger partial charge in [0.25, 0.3) is 0 Å². The van der Waals surface area contributed by atoms with Crippen molar-refractivity contribution in [3.63, 3.8) is 0 Å². The third-order valence-electron chi connectivity index (χ3n) is 6.30. The standard InChI is InChI=1S/C27H51NO3S2/c1-8-11-13-25(31-21(4)5)24(9-2)30-16-12-15-28-26(29)14-17-32-33-27(10-3)19-22(6)18-23(7)20-27/h21,23-25H,6,8-20H2,1-5,7H3,(H,28,29). The van der Waals surface area contributed by atoms with Crippen LogP contribution in [0.2, 0.25) is 0 Å². The van der Waals surface area contributed by atoms with Gasteiger partial charge in [0, 0.05) is 30.1 Å². The van der Waals surface area contributed by atoms with Gasteiger partial charge in [-0.25, -0.2) is 0 Å². The van der Waals surface area contributed by atoms with Gasteiger partial charge >= 0.3 is 0 Å². The van der Waals surface area contributed by atoms with Crippen LogP contribution in [0.5, 0.6) is 0 Å². The first kappa shape index (κ1) is 30.9. The van der Waals surface area contributed by atoms with E-state index in [-0.39, 0.29) is 24.2 Å². The summed E-state index contributed by atoms with van der Waals surface area (Å²) in [4.78, 5) is 12.2. The van der Waals surface area contributed by atoms with Crippen LogP contribution in [0.25, 0.3) is 0 Å². The number of ether oxygens (including phenoxy) is 2. The second kappa shape index (κ2) is 17.3. The Labute approximate surface area is 212 Å². The molecule has 1 aliphatic rings. The van der Waals surface area contributed by atoms with E-state index in [4.69, 9.17) is 9.47 Å². The summed E-state index contributed by atoms with van der Waals surface area (Å²) >= 11 is 0. The molecule has 0 spiro atoms. The van der Waals surface area contributed by atoms with Gasteiger partial charge in [-0.15, -0.1) is 0 Å². The first-order chi connectivity index (χ1) is 15.7. The van der Waals surface area contributed by atoms with Crippen LogP contribution < -0.4 is 5.32 Å². The maximum atomic E-state index is 12.2. The summed E-state index contributed by atoms with van der Waals surface area (Å²) in [5.74, 6) is 1.72. The van der Waals surface area contributed by atoms with E-state index < -0.39 is 0 Å². The zero-order chi connectivity index (χ0) is 24.7.